The first-order valence-corrected chi connectivity index (χ1v) is 7.30. The third kappa shape index (κ3) is 2.25. The van der Waals surface area contributed by atoms with E-state index in [1.165, 1.54) is 5.75 Å². The third-order valence-corrected chi connectivity index (χ3v) is 4.40. The zero-order valence-electron chi connectivity index (χ0n) is 10.5. The molecule has 0 saturated carbocycles. The monoisotopic (exact) mass is 259 g/mol. The smallest absolute Gasteiger partial charge is 0.129 e. The summed E-state index contributed by atoms with van der Waals surface area (Å²) in [4.78, 5) is 7.11. The van der Waals surface area contributed by atoms with Crippen LogP contribution in [0.5, 0.6) is 0 Å². The molecule has 2 N–H and O–H groups in total. The molecule has 0 radical (unpaired) electrons. The normalized spacial score (nSPS) is 20.3. The van der Waals surface area contributed by atoms with Crippen LogP contribution < -0.4 is 10.6 Å². The van der Waals surface area contributed by atoms with E-state index in [1.54, 1.807) is 0 Å². The average Bonchev–Trinajstić information content (AvgIpc) is 2.38. The van der Waals surface area contributed by atoms with Crippen molar-refractivity contribution in [3.63, 3.8) is 0 Å². The summed E-state index contributed by atoms with van der Waals surface area (Å²) in [5.41, 5.74) is 7.59. The molecule has 0 bridgehead atoms. The molecule has 1 aliphatic heterocycles. The Bertz CT molecular complexity index is 570. The molecule has 1 saturated heterocycles. The van der Waals surface area contributed by atoms with E-state index in [1.807, 2.05) is 30.0 Å². The van der Waals surface area contributed by atoms with E-state index in [4.69, 9.17) is 10.7 Å². The maximum absolute atomic E-state index is 5.78. The first kappa shape index (κ1) is 11.7. The fourth-order valence-corrected chi connectivity index (χ4v) is 3.35. The molecule has 4 heteroatoms. The van der Waals surface area contributed by atoms with Crippen LogP contribution in [-0.2, 0) is 0 Å². The predicted molar refractivity (Wildman–Crippen MR) is 80.3 cm³/mol. The summed E-state index contributed by atoms with van der Waals surface area (Å²) in [5.74, 6) is 2.27. The minimum Gasteiger partial charge on any atom is -0.399 e. The molecule has 0 spiro atoms. The number of nitrogens with zero attached hydrogens (tertiary/aromatic N) is 2. The van der Waals surface area contributed by atoms with Crippen LogP contribution in [0.3, 0.4) is 0 Å². The largest absolute Gasteiger partial charge is 0.399 e. The lowest BCUT2D eigenvalue weighted by Gasteiger charge is -2.31. The maximum Gasteiger partial charge on any atom is 0.129 e. The van der Waals surface area contributed by atoms with Gasteiger partial charge in [-0.05, 0) is 30.3 Å². The van der Waals surface area contributed by atoms with Crippen molar-refractivity contribution in [2.75, 3.05) is 29.5 Å². The summed E-state index contributed by atoms with van der Waals surface area (Å²) in [6.45, 7) is 4.44. The molecule has 0 amide bonds. The highest BCUT2D eigenvalue weighted by Gasteiger charge is 2.17. The summed E-state index contributed by atoms with van der Waals surface area (Å²) in [6, 6.07) is 10.1. The average molecular weight is 259 g/mol. The number of hydrogen-bond acceptors (Lipinski definition) is 4. The first-order valence-electron chi connectivity index (χ1n) is 6.25. The van der Waals surface area contributed by atoms with Gasteiger partial charge in [0.1, 0.15) is 5.82 Å². The van der Waals surface area contributed by atoms with E-state index < -0.39 is 0 Å². The molecule has 94 valence electrons. The second kappa shape index (κ2) is 4.69. The van der Waals surface area contributed by atoms with Crippen LogP contribution in [0.15, 0.2) is 30.3 Å². The summed E-state index contributed by atoms with van der Waals surface area (Å²) in [7, 11) is 0. The van der Waals surface area contributed by atoms with Gasteiger partial charge in [0, 0.05) is 35.2 Å². The SMILES string of the molecule is CC1CN(c2ccc3cc(N)ccc3n2)CCS1. The van der Waals surface area contributed by atoms with Gasteiger partial charge in [-0.2, -0.15) is 11.8 Å². The van der Waals surface area contributed by atoms with Crippen LogP contribution in [0.1, 0.15) is 6.92 Å². The highest BCUT2D eigenvalue weighted by Crippen LogP contribution is 2.25. The lowest BCUT2D eigenvalue weighted by Crippen LogP contribution is -2.37. The second-order valence-corrected chi connectivity index (χ2v) is 6.30. The predicted octanol–water partition coefficient (Wildman–Crippen LogP) is 2.76. The molecule has 1 fully saturated rings. The fourth-order valence-electron chi connectivity index (χ4n) is 2.34. The van der Waals surface area contributed by atoms with Crippen molar-refractivity contribution in [3.05, 3.63) is 30.3 Å². The van der Waals surface area contributed by atoms with Crippen LogP contribution in [-0.4, -0.2) is 29.1 Å². The van der Waals surface area contributed by atoms with Crippen molar-refractivity contribution in [2.45, 2.75) is 12.2 Å². The molecular weight excluding hydrogens is 242 g/mol. The number of thioether (sulfide) groups is 1. The number of nitrogen functional groups attached to an aromatic ring is 1. The number of anilines is 2. The standard InChI is InChI=1S/C14H17N3S/c1-10-9-17(6-7-18-10)14-5-2-11-8-12(15)3-4-13(11)16-14/h2-5,8,10H,6-7,9,15H2,1H3. The highest BCUT2D eigenvalue weighted by molar-refractivity contribution is 8.00. The van der Waals surface area contributed by atoms with Gasteiger partial charge in [0.05, 0.1) is 5.52 Å². The number of pyridine rings is 1. The quantitative estimate of drug-likeness (QED) is 0.800. The number of nitrogens with two attached hydrogens (primary N) is 1. The number of aromatic nitrogens is 1. The van der Waals surface area contributed by atoms with Crippen LogP contribution >= 0.6 is 11.8 Å². The molecule has 2 heterocycles. The Labute approximate surface area is 111 Å². The van der Waals surface area contributed by atoms with Gasteiger partial charge in [-0.25, -0.2) is 4.98 Å². The summed E-state index contributed by atoms with van der Waals surface area (Å²) < 4.78 is 0. The highest BCUT2D eigenvalue weighted by atomic mass is 32.2. The third-order valence-electron chi connectivity index (χ3n) is 3.26. The lowest BCUT2D eigenvalue weighted by molar-refractivity contribution is 0.772. The van der Waals surface area contributed by atoms with Gasteiger partial charge in [0.2, 0.25) is 0 Å². The molecule has 1 unspecified atom stereocenters. The van der Waals surface area contributed by atoms with Crippen LogP contribution in [0.4, 0.5) is 11.5 Å². The Morgan fingerprint density at radius 3 is 3.06 bits per heavy atom. The topological polar surface area (TPSA) is 42.1 Å². The Morgan fingerprint density at radius 1 is 1.33 bits per heavy atom. The molecule has 1 aromatic carbocycles. The van der Waals surface area contributed by atoms with Crippen LogP contribution in [0, 0.1) is 0 Å². The zero-order chi connectivity index (χ0) is 12.5. The second-order valence-electron chi connectivity index (χ2n) is 4.75. The van der Waals surface area contributed by atoms with E-state index in [-0.39, 0.29) is 0 Å². The summed E-state index contributed by atoms with van der Waals surface area (Å²) >= 11 is 2.04. The molecule has 1 atom stereocenters. The molecule has 1 aromatic heterocycles. The van der Waals surface area contributed by atoms with Crippen molar-refractivity contribution in [1.29, 1.82) is 0 Å². The molecule has 3 rings (SSSR count). The maximum atomic E-state index is 5.78. The minimum atomic E-state index is 0.683. The lowest BCUT2D eigenvalue weighted by atomic mass is 10.2. The van der Waals surface area contributed by atoms with Crippen molar-refractivity contribution in [2.24, 2.45) is 0 Å². The minimum absolute atomic E-state index is 0.683. The van der Waals surface area contributed by atoms with Gasteiger partial charge in [-0.15, -0.1) is 0 Å². The molecule has 0 aliphatic carbocycles. The fraction of sp³-hybridized carbons (Fsp3) is 0.357. The Hall–Kier alpha value is -1.42. The molecular formula is C14H17N3S. The van der Waals surface area contributed by atoms with Gasteiger partial charge < -0.3 is 10.6 Å². The van der Waals surface area contributed by atoms with E-state index in [0.29, 0.717) is 5.25 Å². The Kier molecular flexibility index (Phi) is 3.04. The van der Waals surface area contributed by atoms with Crippen molar-refractivity contribution in [3.8, 4) is 0 Å². The van der Waals surface area contributed by atoms with Crippen molar-refractivity contribution in [1.82, 2.24) is 4.98 Å². The molecule has 18 heavy (non-hydrogen) atoms. The summed E-state index contributed by atoms with van der Waals surface area (Å²) in [5, 5.41) is 1.79. The van der Waals surface area contributed by atoms with Gasteiger partial charge in [-0.3, -0.25) is 0 Å². The number of hydrogen-bond donors (Lipinski definition) is 1. The number of fused-ring (bicyclic) bond motifs is 1. The van der Waals surface area contributed by atoms with Crippen molar-refractivity contribution < 1.29 is 0 Å². The molecule has 1 aliphatic rings. The van der Waals surface area contributed by atoms with Crippen molar-refractivity contribution >= 4 is 34.2 Å². The number of rotatable bonds is 1. The first-order chi connectivity index (χ1) is 8.72. The zero-order valence-corrected chi connectivity index (χ0v) is 11.3. The Morgan fingerprint density at radius 2 is 2.22 bits per heavy atom. The van der Waals surface area contributed by atoms with Crippen LogP contribution in [0.25, 0.3) is 10.9 Å². The van der Waals surface area contributed by atoms with E-state index >= 15 is 0 Å². The van der Waals surface area contributed by atoms with Gasteiger partial charge in [0.15, 0.2) is 0 Å². The van der Waals surface area contributed by atoms with E-state index in [0.717, 1.165) is 35.5 Å². The molecule has 2 aromatic rings. The number of benzene rings is 1. The summed E-state index contributed by atoms with van der Waals surface area (Å²) in [6.07, 6.45) is 0. The van der Waals surface area contributed by atoms with E-state index in [2.05, 4.69) is 24.0 Å². The van der Waals surface area contributed by atoms with E-state index in [9.17, 15) is 0 Å². The molecule has 3 nitrogen and oxygen atoms in total. The Balaban J connectivity index is 1.95. The van der Waals surface area contributed by atoms with Gasteiger partial charge >= 0.3 is 0 Å². The van der Waals surface area contributed by atoms with Gasteiger partial charge in [-0.1, -0.05) is 6.92 Å². The van der Waals surface area contributed by atoms with Crippen LogP contribution in [0.2, 0.25) is 0 Å². The van der Waals surface area contributed by atoms with Gasteiger partial charge in [0.25, 0.3) is 0 Å².